The molecule has 0 spiro atoms. The van der Waals surface area contributed by atoms with Crippen LogP contribution in [0.15, 0.2) is 68.6 Å². The summed E-state index contributed by atoms with van der Waals surface area (Å²) >= 11 is 0.610. The van der Waals surface area contributed by atoms with Gasteiger partial charge in [0, 0.05) is 5.56 Å². The van der Waals surface area contributed by atoms with Gasteiger partial charge in [-0.2, -0.15) is 0 Å². The Morgan fingerprint density at radius 1 is 1.00 bits per heavy atom. The fraction of sp³-hybridized carbons (Fsp3) is 0.100. The van der Waals surface area contributed by atoms with E-state index in [0.29, 0.717) is 28.0 Å². The number of ketones is 1. The lowest BCUT2D eigenvalue weighted by Gasteiger charge is -2.09. The normalized spacial score (nSPS) is 11.9. The van der Waals surface area contributed by atoms with Gasteiger partial charge in [-0.05, 0) is 49.4 Å². The lowest BCUT2D eigenvalue weighted by molar-refractivity contribution is 0.101. The number of amidine groups is 1. The van der Waals surface area contributed by atoms with Gasteiger partial charge in [0.1, 0.15) is 10.7 Å². The van der Waals surface area contributed by atoms with E-state index in [1.54, 1.807) is 30.3 Å². The molecule has 2 aromatic carbocycles. The number of hydrogen-bond donors (Lipinski definition) is 3. The maximum Gasteiger partial charge on any atom is 0.251 e. The molecule has 4 N–H and O–H groups in total. The van der Waals surface area contributed by atoms with Crippen LogP contribution in [-0.4, -0.2) is 35.5 Å². The van der Waals surface area contributed by atoms with Crippen molar-refractivity contribution in [2.75, 3.05) is 7.05 Å². The van der Waals surface area contributed by atoms with Crippen LogP contribution in [0.3, 0.4) is 0 Å². The second kappa shape index (κ2) is 8.35. The monoisotopic (exact) mass is 477 g/mol. The molecule has 0 amide bonds. The van der Waals surface area contributed by atoms with Gasteiger partial charge in [0.05, 0.1) is 9.77 Å². The molecule has 0 aliphatic heterocycles. The van der Waals surface area contributed by atoms with E-state index in [-0.39, 0.29) is 15.6 Å². The fourth-order valence-corrected chi connectivity index (χ4v) is 7.43. The maximum atomic E-state index is 13.4. The molecular formula is C20H19N3O5S3. The number of benzene rings is 2. The third kappa shape index (κ3) is 4.44. The minimum Gasteiger partial charge on any atom is -0.383 e. The van der Waals surface area contributed by atoms with Crippen molar-refractivity contribution >= 4 is 42.8 Å². The average molecular weight is 478 g/mol. The summed E-state index contributed by atoms with van der Waals surface area (Å²) < 4.78 is 53.2. The molecule has 3 aromatic rings. The van der Waals surface area contributed by atoms with Gasteiger partial charge in [0.2, 0.25) is 9.84 Å². The standard InChI is InChI=1S/C20H19N3O5S3/c1-12(24)13-5-3-6-14(9-13)15-7-4-8-16(10-15)30(25,26)18-11-17(19(21)22)29-20(18)31(27,28)23-2/h3-11,23H,1-2H3,(H3,21,22). The largest absolute Gasteiger partial charge is 0.383 e. The van der Waals surface area contributed by atoms with E-state index in [2.05, 4.69) is 4.72 Å². The Morgan fingerprint density at radius 2 is 1.61 bits per heavy atom. The molecule has 0 saturated heterocycles. The highest BCUT2D eigenvalue weighted by molar-refractivity contribution is 7.95. The van der Waals surface area contributed by atoms with Gasteiger partial charge >= 0.3 is 0 Å². The number of thiophene rings is 1. The van der Waals surface area contributed by atoms with Crippen LogP contribution in [0.2, 0.25) is 0 Å². The highest BCUT2D eigenvalue weighted by Crippen LogP contribution is 2.35. The van der Waals surface area contributed by atoms with Crippen molar-refractivity contribution in [3.63, 3.8) is 0 Å². The highest BCUT2D eigenvalue weighted by Gasteiger charge is 2.31. The maximum absolute atomic E-state index is 13.4. The van der Waals surface area contributed by atoms with E-state index in [1.165, 1.54) is 32.2 Å². The van der Waals surface area contributed by atoms with Crippen molar-refractivity contribution < 1.29 is 21.6 Å². The Morgan fingerprint density at radius 3 is 2.19 bits per heavy atom. The zero-order chi connectivity index (χ0) is 23.0. The van der Waals surface area contributed by atoms with Crippen LogP contribution in [-0.2, 0) is 19.9 Å². The first kappa shape index (κ1) is 22.8. The van der Waals surface area contributed by atoms with Gasteiger partial charge in [-0.15, -0.1) is 11.3 Å². The Labute approximate surface area is 184 Å². The van der Waals surface area contributed by atoms with E-state index in [0.717, 1.165) is 6.07 Å². The van der Waals surface area contributed by atoms with Gasteiger partial charge in [-0.1, -0.05) is 30.3 Å². The molecule has 0 aliphatic rings. The molecule has 1 heterocycles. The Bertz CT molecular complexity index is 1410. The van der Waals surface area contributed by atoms with Crippen LogP contribution in [0.1, 0.15) is 22.2 Å². The number of nitrogens with two attached hydrogens (primary N) is 1. The van der Waals surface area contributed by atoms with Crippen LogP contribution in [0.4, 0.5) is 0 Å². The molecule has 162 valence electrons. The Kier molecular flexibility index (Phi) is 6.14. The van der Waals surface area contributed by atoms with Gasteiger partial charge < -0.3 is 5.73 Å². The number of rotatable bonds is 7. The first-order valence-electron chi connectivity index (χ1n) is 8.85. The molecule has 1 aromatic heterocycles. The molecule has 0 saturated carbocycles. The molecule has 3 rings (SSSR count). The van der Waals surface area contributed by atoms with Crippen LogP contribution >= 0.6 is 11.3 Å². The van der Waals surface area contributed by atoms with Crippen LogP contribution < -0.4 is 10.5 Å². The Balaban J connectivity index is 2.19. The van der Waals surface area contributed by atoms with Crippen LogP contribution in [0.25, 0.3) is 11.1 Å². The molecule has 31 heavy (non-hydrogen) atoms. The van der Waals surface area contributed by atoms with E-state index >= 15 is 0 Å². The zero-order valence-corrected chi connectivity index (χ0v) is 19.0. The second-order valence-corrected chi connectivity index (χ2v) is 11.6. The predicted octanol–water partition coefficient (Wildman–Crippen LogP) is 2.64. The Hall–Kier alpha value is -2.86. The van der Waals surface area contributed by atoms with Crippen LogP contribution in [0.5, 0.6) is 0 Å². The number of carbonyl (C=O) groups is 1. The minimum absolute atomic E-state index is 0.0257. The molecular weight excluding hydrogens is 458 g/mol. The third-order valence-electron chi connectivity index (χ3n) is 4.48. The molecule has 0 radical (unpaired) electrons. The second-order valence-electron chi connectivity index (χ2n) is 6.55. The lowest BCUT2D eigenvalue weighted by atomic mass is 10.0. The molecule has 0 unspecified atom stereocenters. The summed E-state index contributed by atoms with van der Waals surface area (Å²) in [7, 11) is -7.20. The predicted molar refractivity (Wildman–Crippen MR) is 119 cm³/mol. The van der Waals surface area contributed by atoms with E-state index in [4.69, 9.17) is 11.1 Å². The van der Waals surface area contributed by atoms with E-state index in [1.807, 2.05) is 0 Å². The summed E-state index contributed by atoms with van der Waals surface area (Å²) in [5, 5.41) is 7.57. The van der Waals surface area contributed by atoms with Gasteiger partial charge in [0.25, 0.3) is 10.0 Å². The zero-order valence-electron chi connectivity index (χ0n) is 16.5. The third-order valence-corrected chi connectivity index (χ3v) is 9.63. The summed E-state index contributed by atoms with van der Waals surface area (Å²) in [5.74, 6) is -0.559. The van der Waals surface area contributed by atoms with Crippen LogP contribution in [0, 0.1) is 5.41 Å². The summed E-state index contributed by atoms with van der Waals surface area (Å²) in [6, 6.07) is 13.8. The summed E-state index contributed by atoms with van der Waals surface area (Å²) in [4.78, 5) is 11.1. The molecule has 0 bridgehead atoms. The molecule has 11 heteroatoms. The average Bonchev–Trinajstić information content (AvgIpc) is 3.22. The SMILES string of the molecule is CNS(=O)(=O)c1sc(C(=N)N)cc1S(=O)(=O)c1cccc(-c2cccc(C(C)=O)c2)c1. The van der Waals surface area contributed by atoms with Gasteiger partial charge in [-0.3, -0.25) is 10.2 Å². The minimum atomic E-state index is -4.26. The smallest absolute Gasteiger partial charge is 0.251 e. The van der Waals surface area contributed by atoms with Crippen molar-refractivity contribution in [2.24, 2.45) is 5.73 Å². The fourth-order valence-electron chi connectivity index (χ4n) is 2.85. The number of hydrogen-bond acceptors (Lipinski definition) is 7. The summed E-state index contributed by atoms with van der Waals surface area (Å²) in [5.41, 5.74) is 7.13. The first-order valence-corrected chi connectivity index (χ1v) is 12.6. The van der Waals surface area contributed by atoms with Gasteiger partial charge in [0.15, 0.2) is 9.99 Å². The van der Waals surface area contributed by atoms with Crippen molar-refractivity contribution in [1.29, 1.82) is 5.41 Å². The van der Waals surface area contributed by atoms with Crippen molar-refractivity contribution in [1.82, 2.24) is 4.72 Å². The van der Waals surface area contributed by atoms with Gasteiger partial charge in [-0.25, -0.2) is 21.6 Å². The number of nitrogens with one attached hydrogen (secondary N) is 2. The molecule has 8 nitrogen and oxygen atoms in total. The first-order chi connectivity index (χ1) is 14.5. The number of sulfonamides is 1. The van der Waals surface area contributed by atoms with E-state index in [9.17, 15) is 21.6 Å². The number of Topliss-reactive ketones (excluding diaryl/α,β-unsaturated/α-hetero) is 1. The quantitative estimate of drug-likeness (QED) is 0.271. The topological polar surface area (TPSA) is 147 Å². The van der Waals surface area contributed by atoms with Crippen molar-refractivity contribution in [2.45, 2.75) is 20.9 Å². The summed E-state index contributed by atoms with van der Waals surface area (Å²) in [6.45, 7) is 1.44. The number of nitrogen functional groups attached to an aromatic ring is 1. The lowest BCUT2D eigenvalue weighted by Crippen LogP contribution is -2.19. The summed E-state index contributed by atoms with van der Waals surface area (Å²) in [6.07, 6.45) is 0. The highest BCUT2D eigenvalue weighted by atomic mass is 32.2. The van der Waals surface area contributed by atoms with Crippen molar-refractivity contribution in [3.8, 4) is 11.1 Å². The molecule has 0 aliphatic carbocycles. The van der Waals surface area contributed by atoms with E-state index < -0.39 is 34.8 Å². The molecule has 0 atom stereocenters. The van der Waals surface area contributed by atoms with Crippen molar-refractivity contribution in [3.05, 3.63) is 65.0 Å². The molecule has 0 fully saturated rings. The number of sulfone groups is 1. The number of carbonyl (C=O) groups excluding carboxylic acids is 1.